The van der Waals surface area contributed by atoms with Crippen molar-refractivity contribution in [2.45, 2.75) is 107 Å². The smallest absolute Gasteiger partial charge is 0.229 e. The van der Waals surface area contributed by atoms with E-state index >= 15 is 0 Å². The first-order chi connectivity index (χ1) is 17.9. The molecule has 1 N–H and O–H groups in total. The number of amides is 1. The zero-order valence-electron chi connectivity index (χ0n) is 22.6. The number of anilines is 3. The van der Waals surface area contributed by atoms with Crippen molar-refractivity contribution in [3.05, 3.63) is 35.5 Å². The molecule has 37 heavy (non-hydrogen) atoms. The number of hydrogen-bond donors (Lipinski definition) is 1. The van der Waals surface area contributed by atoms with Gasteiger partial charge in [-0.25, -0.2) is 4.98 Å². The molecule has 2 aliphatic heterocycles. The van der Waals surface area contributed by atoms with Gasteiger partial charge in [-0.1, -0.05) is 12.8 Å². The summed E-state index contributed by atoms with van der Waals surface area (Å²) < 4.78 is 0. The molecule has 1 amide bonds. The molecule has 6 nitrogen and oxygen atoms in total. The second-order valence-corrected chi connectivity index (χ2v) is 13.5. The number of carbonyl (C=O) groups is 1. The van der Waals surface area contributed by atoms with Crippen LogP contribution in [0.25, 0.3) is 0 Å². The number of thioether (sulfide) groups is 1. The number of fused-ring (bicyclic) bond motifs is 1. The molecule has 4 aliphatic rings. The first-order valence-corrected chi connectivity index (χ1v) is 15.2. The van der Waals surface area contributed by atoms with Crippen LogP contribution in [-0.4, -0.2) is 51.2 Å². The molecule has 6 rings (SSSR count). The molecular formula is C30H41N5OS. The highest BCUT2D eigenvalue weighted by Crippen LogP contribution is 2.55. The highest BCUT2D eigenvalue weighted by atomic mass is 32.2. The van der Waals surface area contributed by atoms with E-state index < -0.39 is 0 Å². The van der Waals surface area contributed by atoms with Gasteiger partial charge in [-0.05, 0) is 108 Å². The molecule has 1 spiro atoms. The Morgan fingerprint density at radius 2 is 1.86 bits per heavy atom. The van der Waals surface area contributed by atoms with E-state index in [9.17, 15) is 4.79 Å². The van der Waals surface area contributed by atoms with Gasteiger partial charge in [-0.15, -0.1) is 11.8 Å². The number of carbonyl (C=O) groups excluding carboxylic acids is 1. The standard InChI is InChI=1S/C30H41N5OS/c1-20(2)34-14-12-30(13-15-34)17-25(18-30)37-24-9-10-26(21(3)16-24)32-29-31-19-22-8-11-27(36)35(28(22)33-29)23-6-4-5-7-23/h9-10,16,19-20,23,25H,4-8,11-15,17-18H2,1-3H3,(H,31,32,33). The molecule has 1 aromatic carbocycles. The van der Waals surface area contributed by atoms with Gasteiger partial charge in [0.2, 0.25) is 11.9 Å². The first kappa shape index (κ1) is 25.2. The van der Waals surface area contributed by atoms with E-state index in [4.69, 9.17) is 4.98 Å². The highest BCUT2D eigenvalue weighted by Gasteiger charge is 2.46. The van der Waals surface area contributed by atoms with Gasteiger partial charge in [-0.3, -0.25) is 9.69 Å². The Hall–Kier alpha value is -2.12. The maximum atomic E-state index is 12.8. The van der Waals surface area contributed by atoms with Crippen LogP contribution in [0.1, 0.15) is 82.8 Å². The van der Waals surface area contributed by atoms with Gasteiger partial charge in [-0.2, -0.15) is 4.98 Å². The van der Waals surface area contributed by atoms with E-state index in [-0.39, 0.29) is 5.91 Å². The van der Waals surface area contributed by atoms with Crippen LogP contribution in [0.2, 0.25) is 0 Å². The van der Waals surface area contributed by atoms with E-state index in [0.29, 0.717) is 29.9 Å². The van der Waals surface area contributed by atoms with Crippen LogP contribution in [0.4, 0.5) is 17.5 Å². The minimum atomic E-state index is 0.213. The van der Waals surface area contributed by atoms with Crippen molar-refractivity contribution in [3.63, 3.8) is 0 Å². The van der Waals surface area contributed by atoms with Crippen LogP contribution in [-0.2, 0) is 11.2 Å². The Bertz CT molecular complexity index is 1140. The van der Waals surface area contributed by atoms with Crippen molar-refractivity contribution >= 4 is 35.1 Å². The van der Waals surface area contributed by atoms with Crippen LogP contribution < -0.4 is 10.2 Å². The van der Waals surface area contributed by atoms with E-state index in [1.807, 2.05) is 11.1 Å². The fraction of sp³-hybridized carbons (Fsp3) is 0.633. The highest BCUT2D eigenvalue weighted by molar-refractivity contribution is 8.00. The van der Waals surface area contributed by atoms with Gasteiger partial charge >= 0.3 is 0 Å². The minimum Gasteiger partial charge on any atom is -0.324 e. The fourth-order valence-electron chi connectivity index (χ4n) is 6.94. The summed E-state index contributed by atoms with van der Waals surface area (Å²) in [5.74, 6) is 1.61. The van der Waals surface area contributed by atoms with Crippen LogP contribution >= 0.6 is 11.8 Å². The van der Waals surface area contributed by atoms with Crippen molar-refractivity contribution in [2.75, 3.05) is 23.3 Å². The maximum Gasteiger partial charge on any atom is 0.229 e. The molecule has 198 valence electrons. The molecular weight excluding hydrogens is 478 g/mol. The second-order valence-electron chi connectivity index (χ2n) is 12.1. The average Bonchev–Trinajstić information content (AvgIpc) is 3.39. The Balaban J connectivity index is 1.09. The van der Waals surface area contributed by atoms with Gasteiger partial charge in [0.15, 0.2) is 0 Å². The predicted octanol–water partition coefficient (Wildman–Crippen LogP) is 6.50. The van der Waals surface area contributed by atoms with Crippen molar-refractivity contribution in [1.29, 1.82) is 0 Å². The van der Waals surface area contributed by atoms with Crippen molar-refractivity contribution in [2.24, 2.45) is 5.41 Å². The number of rotatable bonds is 6. The SMILES string of the molecule is Cc1cc(SC2CC3(CCN(C(C)C)CC3)C2)ccc1Nc1ncc2c(n1)N(C1CCCC1)C(=O)CC2. The van der Waals surface area contributed by atoms with Crippen LogP contribution in [0, 0.1) is 12.3 Å². The molecule has 3 heterocycles. The Labute approximate surface area is 226 Å². The molecule has 2 saturated carbocycles. The molecule has 0 atom stereocenters. The van der Waals surface area contributed by atoms with Gasteiger partial charge in [0, 0.05) is 46.1 Å². The lowest BCUT2D eigenvalue weighted by molar-refractivity contribution is -0.119. The summed E-state index contributed by atoms with van der Waals surface area (Å²) in [5, 5.41) is 4.18. The van der Waals surface area contributed by atoms with Gasteiger partial charge in [0.25, 0.3) is 0 Å². The van der Waals surface area contributed by atoms with Gasteiger partial charge in [0.1, 0.15) is 5.82 Å². The number of hydrogen-bond acceptors (Lipinski definition) is 6. The molecule has 7 heteroatoms. The number of aryl methyl sites for hydroxylation is 2. The molecule has 0 radical (unpaired) electrons. The topological polar surface area (TPSA) is 61.4 Å². The van der Waals surface area contributed by atoms with Crippen LogP contribution in [0.5, 0.6) is 0 Å². The van der Waals surface area contributed by atoms with E-state index in [2.05, 4.69) is 65.9 Å². The summed E-state index contributed by atoms with van der Waals surface area (Å²) in [4.78, 5) is 28.2. The third-order valence-corrected chi connectivity index (χ3v) is 10.5. The zero-order valence-corrected chi connectivity index (χ0v) is 23.4. The van der Waals surface area contributed by atoms with E-state index in [0.717, 1.165) is 41.6 Å². The third-order valence-electron chi connectivity index (χ3n) is 9.29. The number of likely N-dealkylation sites (tertiary alicyclic amines) is 1. The predicted molar refractivity (Wildman–Crippen MR) is 152 cm³/mol. The Kier molecular flexibility index (Phi) is 6.95. The number of nitrogens with zero attached hydrogens (tertiary/aromatic N) is 4. The lowest BCUT2D eigenvalue weighted by Gasteiger charge is -2.52. The minimum absolute atomic E-state index is 0.213. The van der Waals surface area contributed by atoms with E-state index in [1.165, 1.54) is 62.1 Å². The number of aromatic nitrogens is 2. The largest absolute Gasteiger partial charge is 0.324 e. The molecule has 2 aliphatic carbocycles. The molecule has 1 saturated heterocycles. The summed E-state index contributed by atoms with van der Waals surface area (Å²) >= 11 is 2.05. The van der Waals surface area contributed by atoms with Crippen LogP contribution in [0.3, 0.4) is 0 Å². The van der Waals surface area contributed by atoms with Crippen molar-refractivity contribution < 1.29 is 4.79 Å². The normalized spacial score (nSPS) is 22.5. The lowest BCUT2D eigenvalue weighted by atomic mass is 9.63. The quantitative estimate of drug-likeness (QED) is 0.470. The number of nitrogens with one attached hydrogen (secondary N) is 1. The van der Waals surface area contributed by atoms with Crippen LogP contribution in [0.15, 0.2) is 29.3 Å². The summed E-state index contributed by atoms with van der Waals surface area (Å²) in [6, 6.07) is 7.67. The van der Waals surface area contributed by atoms with E-state index in [1.54, 1.807) is 0 Å². The maximum absolute atomic E-state index is 12.8. The molecule has 2 aromatic rings. The Morgan fingerprint density at radius 1 is 1.11 bits per heavy atom. The lowest BCUT2D eigenvalue weighted by Crippen LogP contribution is -2.49. The van der Waals surface area contributed by atoms with Gasteiger partial charge in [0.05, 0.1) is 0 Å². The molecule has 0 unspecified atom stereocenters. The number of benzene rings is 1. The molecule has 3 fully saturated rings. The first-order valence-electron chi connectivity index (χ1n) is 14.4. The summed E-state index contributed by atoms with van der Waals surface area (Å²) in [5.41, 5.74) is 3.94. The molecule has 1 aromatic heterocycles. The fourth-order valence-corrected chi connectivity index (χ4v) is 8.59. The summed E-state index contributed by atoms with van der Waals surface area (Å²) in [6.07, 6.45) is 13.2. The molecule has 0 bridgehead atoms. The zero-order chi connectivity index (χ0) is 25.6. The Morgan fingerprint density at radius 3 is 2.57 bits per heavy atom. The average molecular weight is 520 g/mol. The van der Waals surface area contributed by atoms with Crippen molar-refractivity contribution in [1.82, 2.24) is 14.9 Å². The summed E-state index contributed by atoms with van der Waals surface area (Å²) in [6.45, 7) is 9.34. The monoisotopic (exact) mass is 519 g/mol. The summed E-state index contributed by atoms with van der Waals surface area (Å²) in [7, 11) is 0. The van der Waals surface area contributed by atoms with Gasteiger partial charge < -0.3 is 10.2 Å². The third kappa shape index (κ3) is 5.14. The van der Waals surface area contributed by atoms with Crippen molar-refractivity contribution in [3.8, 4) is 0 Å². The second kappa shape index (κ2) is 10.2. The number of piperidine rings is 1.